The molecule has 0 atom stereocenters. The van der Waals surface area contributed by atoms with Gasteiger partial charge in [0.15, 0.2) is 0 Å². The van der Waals surface area contributed by atoms with Gasteiger partial charge < -0.3 is 9.15 Å². The average molecular weight is 249 g/mol. The van der Waals surface area contributed by atoms with Crippen LogP contribution in [0.1, 0.15) is 12.2 Å². The summed E-state index contributed by atoms with van der Waals surface area (Å²) in [6.07, 6.45) is 3.81. The molecule has 2 amide bonds. The number of furan rings is 1. The number of carbonyl (C=O) groups excluding carboxylic acids is 3. The fourth-order valence-corrected chi connectivity index (χ4v) is 1.47. The van der Waals surface area contributed by atoms with Crippen LogP contribution in [0, 0.1) is 0 Å². The molecule has 6 nitrogen and oxygen atoms in total. The minimum absolute atomic E-state index is 0.0279. The van der Waals surface area contributed by atoms with Gasteiger partial charge in [0.1, 0.15) is 12.4 Å². The molecule has 0 saturated carbocycles. The summed E-state index contributed by atoms with van der Waals surface area (Å²) in [6, 6.07) is 3.38. The Kier molecular flexibility index (Phi) is 3.57. The second-order valence-corrected chi connectivity index (χ2v) is 3.65. The molecule has 6 heteroatoms. The Bertz CT molecular complexity index is 471. The van der Waals surface area contributed by atoms with Crippen LogP contribution in [-0.2, 0) is 25.7 Å². The Morgan fingerprint density at radius 2 is 2.00 bits per heavy atom. The molecule has 2 rings (SSSR count). The number of esters is 1. The third kappa shape index (κ3) is 2.85. The zero-order chi connectivity index (χ0) is 13.0. The maximum absolute atomic E-state index is 11.4. The summed E-state index contributed by atoms with van der Waals surface area (Å²) < 4.78 is 9.90. The third-order valence-electron chi connectivity index (χ3n) is 2.40. The second-order valence-electron chi connectivity index (χ2n) is 3.65. The first-order chi connectivity index (χ1) is 8.66. The number of rotatable bonds is 5. The molecule has 94 valence electrons. The molecule has 0 fully saturated rings. The summed E-state index contributed by atoms with van der Waals surface area (Å²) in [5.41, 5.74) is 0. The van der Waals surface area contributed by atoms with E-state index in [0.29, 0.717) is 5.76 Å². The molecule has 0 saturated heterocycles. The van der Waals surface area contributed by atoms with Crippen molar-refractivity contribution in [3.63, 3.8) is 0 Å². The first-order valence-electron chi connectivity index (χ1n) is 5.38. The lowest BCUT2D eigenvalue weighted by atomic mass is 10.4. The highest BCUT2D eigenvalue weighted by atomic mass is 16.5. The molecule has 1 aliphatic rings. The second kappa shape index (κ2) is 5.31. The standard InChI is InChI=1S/C12H11NO5/c14-10-3-4-11(15)13(10)6-5-12(16)18-8-9-2-1-7-17-9/h1-4,7H,5-6,8H2. The van der Waals surface area contributed by atoms with Gasteiger partial charge in [0.25, 0.3) is 11.8 Å². The molecule has 18 heavy (non-hydrogen) atoms. The fraction of sp³-hybridized carbons (Fsp3) is 0.250. The lowest BCUT2D eigenvalue weighted by Gasteiger charge is -2.12. The van der Waals surface area contributed by atoms with E-state index in [2.05, 4.69) is 0 Å². The van der Waals surface area contributed by atoms with Crippen molar-refractivity contribution in [2.24, 2.45) is 0 Å². The molecule has 0 radical (unpaired) electrons. The van der Waals surface area contributed by atoms with Gasteiger partial charge in [-0.1, -0.05) is 0 Å². The molecule has 0 unspecified atom stereocenters. The van der Waals surface area contributed by atoms with Crippen LogP contribution in [0.25, 0.3) is 0 Å². The van der Waals surface area contributed by atoms with Gasteiger partial charge in [-0.3, -0.25) is 19.3 Å². The monoisotopic (exact) mass is 249 g/mol. The van der Waals surface area contributed by atoms with Gasteiger partial charge in [0.2, 0.25) is 0 Å². The van der Waals surface area contributed by atoms with Gasteiger partial charge >= 0.3 is 5.97 Å². The van der Waals surface area contributed by atoms with E-state index >= 15 is 0 Å². The molecule has 0 N–H and O–H groups in total. The average Bonchev–Trinajstić information content (AvgIpc) is 2.96. The van der Waals surface area contributed by atoms with Crippen molar-refractivity contribution in [2.45, 2.75) is 13.0 Å². The van der Waals surface area contributed by atoms with Gasteiger partial charge in [-0.05, 0) is 12.1 Å². The molecular formula is C12H11NO5. The molecule has 0 spiro atoms. The van der Waals surface area contributed by atoms with E-state index in [-0.39, 0.29) is 19.6 Å². The number of imide groups is 1. The molecule has 0 bridgehead atoms. The SMILES string of the molecule is O=C(CCN1C(=O)C=CC1=O)OCc1ccco1. The van der Waals surface area contributed by atoms with E-state index < -0.39 is 17.8 Å². The highest BCUT2D eigenvalue weighted by Crippen LogP contribution is 2.06. The molecule has 1 aromatic rings. The molecule has 2 heterocycles. The lowest BCUT2D eigenvalue weighted by Crippen LogP contribution is -2.32. The van der Waals surface area contributed by atoms with Crippen LogP contribution in [0.2, 0.25) is 0 Å². The normalized spacial score (nSPS) is 14.3. The minimum Gasteiger partial charge on any atom is -0.466 e. The van der Waals surface area contributed by atoms with Crippen molar-refractivity contribution >= 4 is 17.8 Å². The quantitative estimate of drug-likeness (QED) is 0.565. The van der Waals surface area contributed by atoms with Crippen LogP contribution in [0.5, 0.6) is 0 Å². The summed E-state index contributed by atoms with van der Waals surface area (Å²) in [6.45, 7) is 0.0770. The van der Waals surface area contributed by atoms with Gasteiger partial charge in [0, 0.05) is 18.7 Å². The molecular weight excluding hydrogens is 238 g/mol. The number of amides is 2. The van der Waals surface area contributed by atoms with Crippen molar-refractivity contribution in [1.82, 2.24) is 4.90 Å². The van der Waals surface area contributed by atoms with Crippen molar-refractivity contribution in [3.05, 3.63) is 36.3 Å². The van der Waals surface area contributed by atoms with E-state index in [9.17, 15) is 14.4 Å². The molecule has 0 aromatic carbocycles. The Hall–Kier alpha value is -2.37. The van der Waals surface area contributed by atoms with Crippen molar-refractivity contribution in [3.8, 4) is 0 Å². The maximum Gasteiger partial charge on any atom is 0.308 e. The summed E-state index contributed by atoms with van der Waals surface area (Å²) >= 11 is 0. The minimum atomic E-state index is -0.487. The predicted octanol–water partition coefficient (Wildman–Crippen LogP) is 0.638. The van der Waals surface area contributed by atoms with E-state index in [4.69, 9.17) is 9.15 Å². The first-order valence-corrected chi connectivity index (χ1v) is 5.38. The van der Waals surface area contributed by atoms with Crippen LogP contribution in [0.3, 0.4) is 0 Å². The Morgan fingerprint density at radius 1 is 1.28 bits per heavy atom. The van der Waals surface area contributed by atoms with Crippen LogP contribution in [-0.4, -0.2) is 29.2 Å². The third-order valence-corrected chi connectivity index (χ3v) is 2.40. The zero-order valence-corrected chi connectivity index (χ0v) is 9.50. The highest BCUT2D eigenvalue weighted by molar-refractivity contribution is 6.12. The fourth-order valence-electron chi connectivity index (χ4n) is 1.47. The van der Waals surface area contributed by atoms with Crippen LogP contribution < -0.4 is 0 Å². The topological polar surface area (TPSA) is 76.8 Å². The van der Waals surface area contributed by atoms with Gasteiger partial charge in [-0.2, -0.15) is 0 Å². The first kappa shape index (κ1) is 12.1. The lowest BCUT2D eigenvalue weighted by molar-refractivity contribution is -0.146. The Morgan fingerprint density at radius 3 is 2.61 bits per heavy atom. The molecule has 0 aliphatic carbocycles. The molecule has 1 aromatic heterocycles. The highest BCUT2D eigenvalue weighted by Gasteiger charge is 2.23. The van der Waals surface area contributed by atoms with Crippen LogP contribution in [0.15, 0.2) is 35.0 Å². The van der Waals surface area contributed by atoms with E-state index in [1.54, 1.807) is 12.1 Å². The summed E-state index contributed by atoms with van der Waals surface area (Å²) in [7, 11) is 0. The summed E-state index contributed by atoms with van der Waals surface area (Å²) in [5.74, 6) is -0.755. The zero-order valence-electron chi connectivity index (χ0n) is 9.50. The number of nitrogens with zero attached hydrogens (tertiary/aromatic N) is 1. The number of hydrogen-bond acceptors (Lipinski definition) is 5. The summed E-state index contributed by atoms with van der Waals surface area (Å²) in [4.78, 5) is 34.8. The number of carbonyl (C=O) groups is 3. The largest absolute Gasteiger partial charge is 0.466 e. The van der Waals surface area contributed by atoms with E-state index in [1.807, 2.05) is 0 Å². The van der Waals surface area contributed by atoms with Crippen molar-refractivity contribution < 1.29 is 23.5 Å². The van der Waals surface area contributed by atoms with Gasteiger partial charge in [0.05, 0.1) is 12.7 Å². The Labute approximate surface area is 103 Å². The van der Waals surface area contributed by atoms with Crippen LogP contribution in [0.4, 0.5) is 0 Å². The molecule has 1 aliphatic heterocycles. The van der Waals surface area contributed by atoms with Crippen molar-refractivity contribution in [2.75, 3.05) is 6.54 Å². The van der Waals surface area contributed by atoms with E-state index in [1.165, 1.54) is 18.4 Å². The number of ether oxygens (including phenoxy) is 1. The van der Waals surface area contributed by atoms with E-state index in [0.717, 1.165) is 4.90 Å². The van der Waals surface area contributed by atoms with Crippen molar-refractivity contribution in [1.29, 1.82) is 0 Å². The smallest absolute Gasteiger partial charge is 0.308 e. The maximum atomic E-state index is 11.4. The number of hydrogen-bond donors (Lipinski definition) is 0. The Balaban J connectivity index is 1.72. The summed E-state index contributed by atoms with van der Waals surface area (Å²) in [5, 5.41) is 0. The van der Waals surface area contributed by atoms with Gasteiger partial charge in [-0.25, -0.2) is 0 Å². The van der Waals surface area contributed by atoms with Crippen LogP contribution >= 0.6 is 0 Å². The van der Waals surface area contributed by atoms with Gasteiger partial charge in [-0.15, -0.1) is 0 Å². The predicted molar refractivity (Wildman–Crippen MR) is 59.0 cm³/mol.